The van der Waals surface area contributed by atoms with Gasteiger partial charge in [-0.1, -0.05) is 12.5 Å². The van der Waals surface area contributed by atoms with Gasteiger partial charge in [-0.05, 0) is 68.8 Å². The highest BCUT2D eigenvalue weighted by Gasteiger charge is 2.42. The maximum Gasteiger partial charge on any atom is 0.330 e. The summed E-state index contributed by atoms with van der Waals surface area (Å²) in [5.41, 5.74) is 0. The van der Waals surface area contributed by atoms with Crippen molar-refractivity contribution in [3.05, 3.63) is 12.2 Å². The Balaban J connectivity index is 1.63. The van der Waals surface area contributed by atoms with E-state index in [0.717, 1.165) is 19.3 Å². The number of thioether (sulfide) groups is 2. The zero-order valence-electron chi connectivity index (χ0n) is 17.3. The van der Waals surface area contributed by atoms with Gasteiger partial charge in [0.15, 0.2) is 0 Å². The molecule has 0 radical (unpaired) electrons. The molecular formula is C22H35NO3S2. The van der Waals surface area contributed by atoms with Crippen LogP contribution in [-0.2, 0) is 14.3 Å². The van der Waals surface area contributed by atoms with Crippen LogP contribution in [0.3, 0.4) is 0 Å². The number of methoxy groups -OCH3 is 1. The lowest BCUT2D eigenvalue weighted by atomic mass is 9.75. The van der Waals surface area contributed by atoms with Gasteiger partial charge in [-0.15, -0.1) is 23.5 Å². The molecule has 1 aliphatic carbocycles. The van der Waals surface area contributed by atoms with Crippen LogP contribution in [0.25, 0.3) is 0 Å². The fraction of sp³-hybridized carbons (Fsp3) is 0.818. The number of ketones is 1. The Labute approximate surface area is 178 Å². The highest BCUT2D eigenvalue weighted by atomic mass is 32.2. The molecule has 0 aromatic carbocycles. The van der Waals surface area contributed by atoms with Crippen LogP contribution >= 0.6 is 23.5 Å². The number of carbonyl (C=O) groups excluding carboxylic acids is 2. The predicted octanol–water partition coefficient (Wildman–Crippen LogP) is 4.58. The molecule has 6 heteroatoms. The number of nitrogens with one attached hydrogen (secondary N) is 1. The molecule has 3 aliphatic rings. The lowest BCUT2D eigenvalue weighted by Crippen LogP contribution is -2.42. The summed E-state index contributed by atoms with van der Waals surface area (Å²) in [5.74, 6) is 3.19. The van der Waals surface area contributed by atoms with Gasteiger partial charge in [0, 0.05) is 31.0 Å². The van der Waals surface area contributed by atoms with E-state index in [9.17, 15) is 9.59 Å². The highest BCUT2D eigenvalue weighted by molar-refractivity contribution is 8.18. The first-order valence-corrected chi connectivity index (χ1v) is 12.8. The lowest BCUT2D eigenvalue weighted by molar-refractivity contribution is -0.134. The first kappa shape index (κ1) is 22.2. The Bertz CT molecular complexity index is 574. The minimum absolute atomic E-state index is 0.288. The molecule has 0 amide bonds. The number of carbonyl (C=O) groups is 2. The zero-order valence-corrected chi connectivity index (χ0v) is 18.9. The van der Waals surface area contributed by atoms with Crippen LogP contribution in [0.5, 0.6) is 0 Å². The molecule has 2 saturated heterocycles. The molecule has 0 aromatic rings. The Morgan fingerprint density at radius 2 is 1.93 bits per heavy atom. The van der Waals surface area contributed by atoms with Crippen LogP contribution < -0.4 is 5.32 Å². The normalized spacial score (nSPS) is 33.1. The number of hydrogen-bond donors (Lipinski definition) is 1. The van der Waals surface area contributed by atoms with Gasteiger partial charge < -0.3 is 10.1 Å². The van der Waals surface area contributed by atoms with Gasteiger partial charge in [-0.2, -0.15) is 0 Å². The predicted molar refractivity (Wildman–Crippen MR) is 119 cm³/mol. The highest BCUT2D eigenvalue weighted by Crippen LogP contribution is 2.55. The van der Waals surface area contributed by atoms with Crippen molar-refractivity contribution in [3.63, 3.8) is 0 Å². The molecule has 0 bridgehead atoms. The maximum absolute atomic E-state index is 12.9. The third kappa shape index (κ3) is 6.27. The summed E-state index contributed by atoms with van der Waals surface area (Å²) in [5, 5.41) is 3.60. The Morgan fingerprint density at radius 1 is 1.14 bits per heavy atom. The van der Waals surface area contributed by atoms with E-state index in [4.69, 9.17) is 4.74 Å². The third-order valence-corrected chi connectivity index (χ3v) is 9.90. The Hall–Kier alpha value is -0.460. The Kier molecular flexibility index (Phi) is 8.36. The lowest BCUT2D eigenvalue weighted by Gasteiger charge is -2.45. The largest absolute Gasteiger partial charge is 0.466 e. The molecule has 1 saturated carbocycles. The molecule has 0 unspecified atom stereocenters. The topological polar surface area (TPSA) is 55.4 Å². The zero-order chi connectivity index (χ0) is 20.0. The molecule has 28 heavy (non-hydrogen) atoms. The van der Waals surface area contributed by atoms with Crippen molar-refractivity contribution in [2.24, 2.45) is 11.8 Å². The van der Waals surface area contributed by atoms with E-state index in [1.807, 2.05) is 6.08 Å². The Morgan fingerprint density at radius 3 is 2.64 bits per heavy atom. The molecule has 0 aromatic heterocycles. The fourth-order valence-electron chi connectivity index (χ4n) is 4.95. The smallest absolute Gasteiger partial charge is 0.330 e. The van der Waals surface area contributed by atoms with E-state index in [2.05, 4.69) is 35.8 Å². The number of esters is 1. The molecule has 1 N–H and O–H groups in total. The summed E-state index contributed by atoms with van der Waals surface area (Å²) in [6.07, 6.45) is 13.0. The van der Waals surface area contributed by atoms with Gasteiger partial charge in [0.1, 0.15) is 5.78 Å². The van der Waals surface area contributed by atoms with Crippen molar-refractivity contribution in [3.8, 4) is 0 Å². The summed E-state index contributed by atoms with van der Waals surface area (Å²) >= 11 is 4.22. The first-order chi connectivity index (χ1) is 13.5. The third-order valence-electron chi connectivity index (χ3n) is 6.41. The summed E-state index contributed by atoms with van der Waals surface area (Å²) in [6, 6.07) is 0.867. The van der Waals surface area contributed by atoms with E-state index in [0.29, 0.717) is 42.5 Å². The quantitative estimate of drug-likeness (QED) is 0.497. The van der Waals surface area contributed by atoms with Crippen LogP contribution in [0.4, 0.5) is 0 Å². The van der Waals surface area contributed by atoms with Crippen LogP contribution in [0.2, 0.25) is 0 Å². The number of rotatable bonds is 6. The number of piperidine rings is 1. The standard InChI is InChI=1S/C22H35NO3S2/c1-16-5-3-6-19(23-16)14-20(24)13-18-15-22(27-11-4-12-28-22)10-9-17(18)7-8-21(25)26-2/h7-8,16-19,23H,3-6,9-15H2,1-2H3/b8-7-/t16-,17+,18+,19-/m0/s1. The van der Waals surface area contributed by atoms with Gasteiger partial charge in [-0.3, -0.25) is 4.79 Å². The monoisotopic (exact) mass is 425 g/mol. The summed E-state index contributed by atoms with van der Waals surface area (Å²) in [6.45, 7) is 2.21. The second kappa shape index (κ2) is 10.5. The SMILES string of the molecule is COC(=O)/C=C\[C@@H]1CCC2(C[C@H]1CC(=O)C[C@@H]1CCC[C@H](C)N1)SCCCS2. The van der Waals surface area contributed by atoms with Gasteiger partial charge in [0.2, 0.25) is 0 Å². The first-order valence-electron chi connectivity index (χ1n) is 10.8. The molecule has 4 nitrogen and oxygen atoms in total. The molecule has 2 aliphatic heterocycles. The fourth-order valence-corrected chi connectivity index (χ4v) is 8.48. The van der Waals surface area contributed by atoms with Crippen LogP contribution in [0.1, 0.15) is 64.7 Å². The molecule has 3 fully saturated rings. The molecule has 4 atom stereocenters. The maximum atomic E-state index is 12.9. The molecule has 158 valence electrons. The minimum atomic E-state index is -0.299. The van der Waals surface area contributed by atoms with Gasteiger partial charge >= 0.3 is 5.97 Å². The van der Waals surface area contributed by atoms with Gasteiger partial charge in [0.25, 0.3) is 0 Å². The molecular weight excluding hydrogens is 390 g/mol. The molecule has 2 heterocycles. The summed E-state index contributed by atoms with van der Waals surface area (Å²) in [7, 11) is 1.41. The van der Waals surface area contributed by atoms with E-state index in [1.165, 1.54) is 44.3 Å². The van der Waals surface area contributed by atoms with E-state index < -0.39 is 0 Å². The second-order valence-electron chi connectivity index (χ2n) is 8.65. The van der Waals surface area contributed by atoms with E-state index >= 15 is 0 Å². The van der Waals surface area contributed by atoms with Crippen molar-refractivity contribution in [1.82, 2.24) is 5.32 Å². The number of Topliss-reactive ketones (excluding diaryl/α,β-unsaturated/α-hetero) is 1. The van der Waals surface area contributed by atoms with E-state index in [-0.39, 0.29) is 10.0 Å². The number of allylic oxidation sites excluding steroid dienone is 1. The average molecular weight is 426 g/mol. The van der Waals surface area contributed by atoms with Gasteiger partial charge in [0.05, 0.1) is 11.2 Å². The van der Waals surface area contributed by atoms with Crippen molar-refractivity contribution in [2.75, 3.05) is 18.6 Å². The summed E-state index contributed by atoms with van der Waals surface area (Å²) < 4.78 is 5.06. The van der Waals surface area contributed by atoms with Crippen molar-refractivity contribution in [1.29, 1.82) is 0 Å². The number of hydrogen-bond acceptors (Lipinski definition) is 6. The van der Waals surface area contributed by atoms with Crippen molar-refractivity contribution in [2.45, 2.75) is 80.9 Å². The van der Waals surface area contributed by atoms with E-state index in [1.54, 1.807) is 6.08 Å². The van der Waals surface area contributed by atoms with Crippen LogP contribution in [0.15, 0.2) is 12.2 Å². The minimum Gasteiger partial charge on any atom is -0.466 e. The van der Waals surface area contributed by atoms with Crippen molar-refractivity contribution < 1.29 is 14.3 Å². The van der Waals surface area contributed by atoms with Gasteiger partial charge in [-0.25, -0.2) is 4.79 Å². The van der Waals surface area contributed by atoms with Crippen LogP contribution in [0, 0.1) is 11.8 Å². The van der Waals surface area contributed by atoms with Crippen LogP contribution in [-0.4, -0.2) is 46.5 Å². The average Bonchev–Trinajstić information content (AvgIpc) is 2.67. The molecule has 3 rings (SSSR count). The van der Waals surface area contributed by atoms with Crippen molar-refractivity contribution >= 4 is 35.3 Å². The number of ether oxygens (including phenoxy) is 1. The second-order valence-corrected chi connectivity index (χ2v) is 11.9. The molecule has 1 spiro atoms. The summed E-state index contributed by atoms with van der Waals surface area (Å²) in [4.78, 5) is 24.5.